The topological polar surface area (TPSA) is 83.6 Å². The van der Waals surface area contributed by atoms with Crippen molar-refractivity contribution in [1.82, 2.24) is 10.2 Å². The van der Waals surface area contributed by atoms with Gasteiger partial charge in [0.15, 0.2) is 9.84 Å². The van der Waals surface area contributed by atoms with Crippen LogP contribution in [0, 0.1) is 0 Å². The molecule has 1 unspecified atom stereocenters. The van der Waals surface area contributed by atoms with Gasteiger partial charge in [0.2, 0.25) is 11.8 Å². The van der Waals surface area contributed by atoms with E-state index < -0.39 is 26.7 Å². The molecule has 0 radical (unpaired) electrons. The van der Waals surface area contributed by atoms with Gasteiger partial charge in [-0.1, -0.05) is 0 Å². The second kappa shape index (κ2) is 5.11. The number of rotatable bonds is 4. The quantitative estimate of drug-likeness (QED) is 0.786. The van der Waals surface area contributed by atoms with Crippen LogP contribution in [0.5, 0.6) is 0 Å². The van der Waals surface area contributed by atoms with Crippen LogP contribution >= 0.6 is 0 Å². The lowest BCUT2D eigenvalue weighted by Crippen LogP contribution is -2.68. The van der Waals surface area contributed by atoms with Gasteiger partial charge in [-0.25, -0.2) is 8.42 Å². The van der Waals surface area contributed by atoms with E-state index in [0.717, 1.165) is 0 Å². The summed E-state index contributed by atoms with van der Waals surface area (Å²) in [6, 6.07) is -0.609. The average molecular weight is 290 g/mol. The van der Waals surface area contributed by atoms with Gasteiger partial charge in [-0.2, -0.15) is 0 Å². The molecule has 0 aromatic heterocycles. The van der Waals surface area contributed by atoms with Gasteiger partial charge in [0.1, 0.15) is 11.6 Å². The van der Waals surface area contributed by atoms with Crippen LogP contribution in [0.4, 0.5) is 0 Å². The van der Waals surface area contributed by atoms with Gasteiger partial charge >= 0.3 is 0 Å². The number of hydrogen-bond acceptors (Lipinski definition) is 4. The number of carbonyl (C=O) groups excluding carboxylic acids is 2. The zero-order chi connectivity index (χ0) is 15.0. The molecule has 0 bridgehead atoms. The molecule has 1 atom stereocenters. The molecule has 2 amide bonds. The zero-order valence-corrected chi connectivity index (χ0v) is 12.9. The average Bonchev–Trinajstić information content (AvgIpc) is 2.26. The predicted octanol–water partition coefficient (Wildman–Crippen LogP) is -0.0649. The van der Waals surface area contributed by atoms with E-state index in [4.69, 9.17) is 0 Å². The molecule has 1 N–H and O–H groups in total. The lowest BCUT2D eigenvalue weighted by molar-refractivity contribution is -0.154. The molecule has 1 aliphatic heterocycles. The molecular formula is C12H22N2O4S. The summed E-state index contributed by atoms with van der Waals surface area (Å²) >= 11 is 0. The van der Waals surface area contributed by atoms with Crippen molar-refractivity contribution in [3.05, 3.63) is 0 Å². The van der Waals surface area contributed by atoms with Crippen LogP contribution in [0.25, 0.3) is 0 Å². The van der Waals surface area contributed by atoms with Crippen molar-refractivity contribution in [1.29, 1.82) is 0 Å². The first-order valence-electron chi connectivity index (χ1n) is 6.34. The van der Waals surface area contributed by atoms with Crippen LogP contribution in [0.2, 0.25) is 0 Å². The SMILES string of the molecule is CC1NC(=O)C(C)(C)N(CCS(=O)(=O)C(C)C)C1=O. The zero-order valence-electron chi connectivity index (χ0n) is 12.1. The molecule has 110 valence electrons. The largest absolute Gasteiger partial charge is 0.343 e. The van der Waals surface area contributed by atoms with E-state index in [0.29, 0.717) is 0 Å². The fourth-order valence-electron chi connectivity index (χ4n) is 1.91. The molecule has 6 nitrogen and oxygen atoms in total. The number of sulfone groups is 1. The highest BCUT2D eigenvalue weighted by Crippen LogP contribution is 2.21. The number of piperazine rings is 1. The van der Waals surface area contributed by atoms with Crippen molar-refractivity contribution in [2.45, 2.75) is 51.4 Å². The minimum absolute atomic E-state index is 0.0457. The maximum atomic E-state index is 12.1. The first kappa shape index (κ1) is 15.9. The standard InChI is InChI=1S/C12H22N2O4S/c1-8(2)19(17,18)7-6-14-10(15)9(3)13-11(16)12(14,4)5/h8-9H,6-7H2,1-5H3,(H,13,16). The fourth-order valence-corrected chi connectivity index (χ4v) is 2.82. The molecule has 0 aromatic carbocycles. The van der Waals surface area contributed by atoms with Gasteiger partial charge in [-0.3, -0.25) is 9.59 Å². The van der Waals surface area contributed by atoms with E-state index in [1.54, 1.807) is 34.6 Å². The predicted molar refractivity (Wildman–Crippen MR) is 72.3 cm³/mol. The van der Waals surface area contributed by atoms with Gasteiger partial charge < -0.3 is 10.2 Å². The second-order valence-electron chi connectivity index (χ2n) is 5.66. The van der Waals surface area contributed by atoms with Crippen LogP contribution in [0.3, 0.4) is 0 Å². The van der Waals surface area contributed by atoms with E-state index in [9.17, 15) is 18.0 Å². The Morgan fingerprint density at radius 3 is 2.32 bits per heavy atom. The summed E-state index contributed by atoms with van der Waals surface area (Å²) in [4.78, 5) is 25.3. The molecule has 0 spiro atoms. The summed E-state index contributed by atoms with van der Waals surface area (Å²) in [6.07, 6.45) is 0. The normalized spacial score (nSPS) is 23.7. The van der Waals surface area contributed by atoms with Gasteiger partial charge in [0.25, 0.3) is 0 Å². The van der Waals surface area contributed by atoms with Crippen LogP contribution in [-0.4, -0.2) is 54.3 Å². The number of amides is 2. The molecular weight excluding hydrogens is 268 g/mol. The Kier molecular flexibility index (Phi) is 4.29. The summed E-state index contributed by atoms with van der Waals surface area (Å²) in [5, 5.41) is 2.11. The summed E-state index contributed by atoms with van der Waals surface area (Å²) in [5.74, 6) is -0.634. The summed E-state index contributed by atoms with van der Waals surface area (Å²) in [6.45, 7) is 8.09. The lowest BCUT2D eigenvalue weighted by Gasteiger charge is -2.43. The Balaban J connectivity index is 2.91. The molecule has 0 aliphatic carbocycles. The van der Waals surface area contributed by atoms with Crippen LogP contribution < -0.4 is 5.32 Å². The maximum Gasteiger partial charge on any atom is 0.246 e. The Bertz CT molecular complexity index is 482. The van der Waals surface area contributed by atoms with E-state index >= 15 is 0 Å². The van der Waals surface area contributed by atoms with Crippen molar-refractivity contribution < 1.29 is 18.0 Å². The minimum atomic E-state index is -3.23. The van der Waals surface area contributed by atoms with E-state index in [2.05, 4.69) is 5.32 Å². The first-order chi connectivity index (χ1) is 8.50. The number of nitrogens with zero attached hydrogens (tertiary/aromatic N) is 1. The third-order valence-electron chi connectivity index (χ3n) is 3.53. The Morgan fingerprint density at radius 2 is 1.84 bits per heavy atom. The third-order valence-corrected chi connectivity index (χ3v) is 5.72. The molecule has 1 saturated heterocycles. The monoisotopic (exact) mass is 290 g/mol. The highest BCUT2D eigenvalue weighted by Gasteiger charge is 2.44. The van der Waals surface area contributed by atoms with Gasteiger partial charge in [-0.15, -0.1) is 0 Å². The molecule has 1 heterocycles. The molecule has 1 aliphatic rings. The van der Waals surface area contributed by atoms with Crippen molar-refractivity contribution in [3.63, 3.8) is 0 Å². The van der Waals surface area contributed by atoms with E-state index in [1.165, 1.54) is 4.90 Å². The summed E-state index contributed by atoms with van der Waals surface area (Å²) in [5.41, 5.74) is -1.02. The summed E-state index contributed by atoms with van der Waals surface area (Å²) in [7, 11) is -3.23. The first-order valence-corrected chi connectivity index (χ1v) is 8.05. The second-order valence-corrected chi connectivity index (χ2v) is 8.34. The van der Waals surface area contributed by atoms with Crippen molar-refractivity contribution in [3.8, 4) is 0 Å². The number of nitrogens with one attached hydrogen (secondary N) is 1. The molecule has 19 heavy (non-hydrogen) atoms. The number of carbonyl (C=O) groups is 2. The minimum Gasteiger partial charge on any atom is -0.343 e. The molecule has 0 aromatic rings. The third kappa shape index (κ3) is 3.08. The van der Waals surface area contributed by atoms with Gasteiger partial charge in [0.05, 0.1) is 11.0 Å². The molecule has 1 fully saturated rings. The van der Waals surface area contributed by atoms with Crippen LogP contribution in [-0.2, 0) is 19.4 Å². The molecule has 0 saturated carbocycles. The highest BCUT2D eigenvalue weighted by atomic mass is 32.2. The fraction of sp³-hybridized carbons (Fsp3) is 0.833. The smallest absolute Gasteiger partial charge is 0.246 e. The number of hydrogen-bond donors (Lipinski definition) is 1. The maximum absolute atomic E-state index is 12.1. The van der Waals surface area contributed by atoms with E-state index in [-0.39, 0.29) is 24.1 Å². The lowest BCUT2D eigenvalue weighted by atomic mass is 9.96. The van der Waals surface area contributed by atoms with Crippen molar-refractivity contribution in [2.24, 2.45) is 0 Å². The molecule has 7 heteroatoms. The Hall–Kier alpha value is -1.11. The van der Waals surface area contributed by atoms with Crippen LogP contribution in [0.15, 0.2) is 0 Å². The summed E-state index contributed by atoms with van der Waals surface area (Å²) < 4.78 is 23.6. The Labute approximate surface area is 114 Å². The highest BCUT2D eigenvalue weighted by molar-refractivity contribution is 7.92. The van der Waals surface area contributed by atoms with Gasteiger partial charge in [-0.05, 0) is 34.6 Å². The Morgan fingerprint density at radius 1 is 1.32 bits per heavy atom. The van der Waals surface area contributed by atoms with E-state index in [1.807, 2.05) is 0 Å². The van der Waals surface area contributed by atoms with Gasteiger partial charge in [0, 0.05) is 6.54 Å². The van der Waals surface area contributed by atoms with Crippen LogP contribution in [0.1, 0.15) is 34.6 Å². The van der Waals surface area contributed by atoms with Crippen molar-refractivity contribution in [2.75, 3.05) is 12.3 Å². The van der Waals surface area contributed by atoms with Crippen molar-refractivity contribution >= 4 is 21.7 Å². The molecule has 1 rings (SSSR count).